The summed E-state index contributed by atoms with van der Waals surface area (Å²) in [6.45, 7) is 3.96. The number of anilines is 2. The topological polar surface area (TPSA) is 97.9 Å². The molecule has 1 atom stereocenters. The highest BCUT2D eigenvalue weighted by atomic mass is 32.2. The van der Waals surface area contributed by atoms with E-state index in [-0.39, 0.29) is 11.6 Å². The Morgan fingerprint density at radius 2 is 1.89 bits per heavy atom. The summed E-state index contributed by atoms with van der Waals surface area (Å²) in [5.74, 6) is 0. The number of carboxylic acid groups (broad SMARTS) is 1. The summed E-state index contributed by atoms with van der Waals surface area (Å²) in [6.07, 6.45) is -0.0555. The van der Waals surface area contributed by atoms with Crippen LogP contribution in [0.3, 0.4) is 0 Å². The zero-order chi connectivity index (χ0) is 24.6. The second-order valence-electron chi connectivity index (χ2n) is 9.07. The molecule has 3 aromatic rings. The Balaban J connectivity index is 1.25. The van der Waals surface area contributed by atoms with E-state index in [1.54, 1.807) is 29.6 Å². The molecule has 36 heavy (non-hydrogen) atoms. The molecule has 3 aliphatic heterocycles. The third kappa shape index (κ3) is 4.68. The quantitative estimate of drug-likeness (QED) is 0.356. The maximum absolute atomic E-state index is 12.6. The summed E-state index contributed by atoms with van der Waals surface area (Å²) < 4.78 is 5.47. The minimum Gasteiger partial charge on any atom is -0.465 e. The van der Waals surface area contributed by atoms with Gasteiger partial charge in [0.15, 0.2) is 0 Å². The van der Waals surface area contributed by atoms with Gasteiger partial charge < -0.3 is 29.9 Å². The standard InChI is InChI=1S/C26H26N4O4S2/c31-24-14-18(29-8-10-34-11-9-29)13-20(28-24)19-2-1-3-22-25(19)36-21-5-4-16(12-23(21)35-22)27-17-6-7-30(15-17)26(32)33/h1-5,12-14,17,27H,6-11,15H2,(H,28,31)(H,32,33). The Kier molecular flexibility index (Phi) is 6.32. The molecular weight excluding hydrogens is 496 g/mol. The highest BCUT2D eigenvalue weighted by Crippen LogP contribution is 2.52. The number of benzene rings is 2. The van der Waals surface area contributed by atoms with Crippen LogP contribution in [0.5, 0.6) is 0 Å². The number of rotatable bonds is 4. The average molecular weight is 523 g/mol. The third-order valence-corrected chi connectivity index (χ3v) is 9.28. The summed E-state index contributed by atoms with van der Waals surface area (Å²) in [5.41, 5.74) is 3.66. The van der Waals surface area contributed by atoms with Crippen molar-refractivity contribution in [3.05, 3.63) is 58.9 Å². The first-order chi connectivity index (χ1) is 17.5. The van der Waals surface area contributed by atoms with E-state index in [9.17, 15) is 14.7 Å². The van der Waals surface area contributed by atoms with Gasteiger partial charge in [-0.05, 0) is 36.8 Å². The first-order valence-corrected chi connectivity index (χ1v) is 13.6. The first kappa shape index (κ1) is 23.3. The molecule has 2 aromatic carbocycles. The number of aromatic nitrogens is 1. The molecule has 1 aromatic heterocycles. The summed E-state index contributed by atoms with van der Waals surface area (Å²) in [5, 5.41) is 12.7. The van der Waals surface area contributed by atoms with Crippen LogP contribution in [0, 0.1) is 0 Å². The Bertz CT molecular complexity index is 1370. The lowest BCUT2D eigenvalue weighted by Crippen LogP contribution is -2.36. The van der Waals surface area contributed by atoms with Gasteiger partial charge in [0.25, 0.3) is 0 Å². The van der Waals surface area contributed by atoms with Crippen LogP contribution in [-0.2, 0) is 4.74 Å². The van der Waals surface area contributed by atoms with Crippen molar-refractivity contribution in [2.75, 3.05) is 49.6 Å². The Labute approximate surface area is 217 Å². The molecule has 3 aliphatic rings. The summed E-state index contributed by atoms with van der Waals surface area (Å²) in [7, 11) is 0. The average Bonchev–Trinajstić information content (AvgIpc) is 3.36. The van der Waals surface area contributed by atoms with Gasteiger partial charge in [-0.3, -0.25) is 4.79 Å². The number of carbonyl (C=O) groups is 1. The Morgan fingerprint density at radius 1 is 1.03 bits per heavy atom. The van der Waals surface area contributed by atoms with Crippen molar-refractivity contribution in [3.63, 3.8) is 0 Å². The number of aromatic amines is 1. The van der Waals surface area contributed by atoms with Gasteiger partial charge in [0.05, 0.1) is 18.9 Å². The smallest absolute Gasteiger partial charge is 0.407 e. The lowest BCUT2D eigenvalue weighted by Gasteiger charge is -2.29. The van der Waals surface area contributed by atoms with Gasteiger partial charge in [0, 0.05) is 74.8 Å². The molecule has 0 bridgehead atoms. The van der Waals surface area contributed by atoms with E-state index in [2.05, 4.69) is 51.6 Å². The lowest BCUT2D eigenvalue weighted by atomic mass is 10.1. The van der Waals surface area contributed by atoms with E-state index in [1.807, 2.05) is 6.07 Å². The summed E-state index contributed by atoms with van der Waals surface area (Å²) in [4.78, 5) is 35.1. The van der Waals surface area contributed by atoms with Gasteiger partial charge in [-0.15, -0.1) is 0 Å². The molecule has 0 aliphatic carbocycles. The van der Waals surface area contributed by atoms with E-state index in [0.29, 0.717) is 26.3 Å². The maximum Gasteiger partial charge on any atom is 0.407 e. The normalized spacial score (nSPS) is 19.1. The number of likely N-dealkylation sites (tertiary alicyclic amines) is 1. The van der Waals surface area contributed by atoms with Crippen molar-refractivity contribution in [2.24, 2.45) is 0 Å². The molecule has 6 rings (SSSR count). The molecule has 0 spiro atoms. The number of hydrogen-bond acceptors (Lipinski definition) is 7. The largest absolute Gasteiger partial charge is 0.465 e. The van der Waals surface area contributed by atoms with Crippen molar-refractivity contribution < 1.29 is 14.6 Å². The van der Waals surface area contributed by atoms with E-state index in [4.69, 9.17) is 4.74 Å². The molecule has 1 unspecified atom stereocenters. The van der Waals surface area contributed by atoms with Crippen molar-refractivity contribution in [1.29, 1.82) is 0 Å². The maximum atomic E-state index is 12.6. The molecule has 186 valence electrons. The van der Waals surface area contributed by atoms with Crippen LogP contribution in [0.2, 0.25) is 0 Å². The van der Waals surface area contributed by atoms with Gasteiger partial charge in [0.2, 0.25) is 5.56 Å². The summed E-state index contributed by atoms with van der Waals surface area (Å²) >= 11 is 3.44. The van der Waals surface area contributed by atoms with Gasteiger partial charge in [-0.2, -0.15) is 0 Å². The van der Waals surface area contributed by atoms with E-state index in [0.717, 1.165) is 56.8 Å². The highest BCUT2D eigenvalue weighted by Gasteiger charge is 2.27. The molecule has 0 saturated carbocycles. The molecule has 4 heterocycles. The van der Waals surface area contributed by atoms with Crippen molar-refractivity contribution in [2.45, 2.75) is 32.0 Å². The molecule has 2 fully saturated rings. The van der Waals surface area contributed by atoms with Crippen LogP contribution in [0.4, 0.5) is 16.2 Å². The number of nitrogens with zero attached hydrogens (tertiary/aromatic N) is 2. The lowest BCUT2D eigenvalue weighted by molar-refractivity contribution is 0.122. The van der Waals surface area contributed by atoms with Crippen LogP contribution in [0.1, 0.15) is 6.42 Å². The molecule has 3 N–H and O–H groups in total. The first-order valence-electron chi connectivity index (χ1n) is 12.0. The minimum atomic E-state index is -0.860. The fourth-order valence-electron chi connectivity index (χ4n) is 4.87. The summed E-state index contributed by atoms with van der Waals surface area (Å²) in [6, 6.07) is 16.4. The molecule has 1 amide bonds. The third-order valence-electron chi connectivity index (χ3n) is 6.68. The van der Waals surface area contributed by atoms with Crippen LogP contribution < -0.4 is 15.8 Å². The van der Waals surface area contributed by atoms with Crippen molar-refractivity contribution >= 4 is 41.0 Å². The number of ether oxygens (including phenoxy) is 1. The predicted octanol–water partition coefficient (Wildman–Crippen LogP) is 4.66. The fraction of sp³-hybridized carbons (Fsp3) is 0.308. The second-order valence-corrected chi connectivity index (χ2v) is 11.2. The molecule has 10 heteroatoms. The molecule has 2 saturated heterocycles. The fourth-order valence-corrected chi connectivity index (χ4v) is 7.28. The minimum absolute atomic E-state index is 0.107. The van der Waals surface area contributed by atoms with Crippen LogP contribution >= 0.6 is 23.5 Å². The van der Waals surface area contributed by atoms with Gasteiger partial charge in [0.1, 0.15) is 0 Å². The van der Waals surface area contributed by atoms with E-state index < -0.39 is 6.09 Å². The molecular formula is C26H26N4O4S2. The predicted molar refractivity (Wildman–Crippen MR) is 142 cm³/mol. The van der Waals surface area contributed by atoms with Crippen LogP contribution in [-0.4, -0.2) is 66.5 Å². The van der Waals surface area contributed by atoms with Crippen molar-refractivity contribution in [3.8, 4) is 11.3 Å². The highest BCUT2D eigenvalue weighted by molar-refractivity contribution is 8.05. The monoisotopic (exact) mass is 522 g/mol. The second kappa shape index (κ2) is 9.76. The van der Waals surface area contributed by atoms with Crippen molar-refractivity contribution in [1.82, 2.24) is 9.88 Å². The van der Waals surface area contributed by atoms with Gasteiger partial charge >= 0.3 is 6.09 Å². The van der Waals surface area contributed by atoms with E-state index in [1.165, 1.54) is 9.80 Å². The number of H-pyrrole nitrogens is 1. The van der Waals surface area contributed by atoms with E-state index >= 15 is 0 Å². The number of pyridine rings is 1. The van der Waals surface area contributed by atoms with Crippen LogP contribution in [0.15, 0.2) is 72.9 Å². The number of morpholine rings is 1. The number of nitrogens with one attached hydrogen (secondary N) is 2. The number of fused-ring (bicyclic) bond motifs is 2. The molecule has 0 radical (unpaired) electrons. The zero-order valence-corrected chi connectivity index (χ0v) is 21.2. The Hall–Kier alpha value is -3.08. The number of hydrogen-bond donors (Lipinski definition) is 3. The van der Waals surface area contributed by atoms with Crippen LogP contribution in [0.25, 0.3) is 11.3 Å². The Morgan fingerprint density at radius 3 is 2.69 bits per heavy atom. The SMILES string of the molecule is O=C(O)N1CCC(Nc2ccc3c(c2)Sc2cccc(-c4cc(N5CCOCC5)cc(=O)[nH]4)c2S3)C1. The zero-order valence-electron chi connectivity index (χ0n) is 19.5. The van der Waals surface area contributed by atoms with Gasteiger partial charge in [-0.1, -0.05) is 35.7 Å². The number of amides is 1. The van der Waals surface area contributed by atoms with Gasteiger partial charge in [-0.25, -0.2) is 4.79 Å². The molecule has 8 nitrogen and oxygen atoms in total.